The van der Waals surface area contributed by atoms with Gasteiger partial charge >= 0.3 is 0 Å². The first-order chi connectivity index (χ1) is 19.7. The molecule has 0 bridgehead atoms. The highest BCUT2D eigenvalue weighted by atomic mass is 35.5. The number of nitrogens with zero attached hydrogens (tertiary/aromatic N) is 3. The van der Waals surface area contributed by atoms with Crippen LogP contribution in [-0.4, -0.2) is 61.1 Å². The van der Waals surface area contributed by atoms with Crippen LogP contribution in [0.3, 0.4) is 0 Å². The third-order valence-corrected chi connectivity index (χ3v) is 8.73. The quantitative estimate of drug-likeness (QED) is 0.271. The van der Waals surface area contributed by atoms with E-state index in [1.807, 2.05) is 12.1 Å². The highest BCUT2D eigenvalue weighted by Crippen LogP contribution is 2.27. The Morgan fingerprint density at radius 1 is 1.12 bits per heavy atom. The average molecular weight is 599 g/mol. The summed E-state index contributed by atoms with van der Waals surface area (Å²) in [5, 5.41) is 3.15. The van der Waals surface area contributed by atoms with E-state index in [1.165, 1.54) is 36.4 Å². The van der Waals surface area contributed by atoms with Crippen LogP contribution >= 0.6 is 11.6 Å². The predicted octanol–water partition coefficient (Wildman–Crippen LogP) is 5.15. The summed E-state index contributed by atoms with van der Waals surface area (Å²) < 4.78 is 54.4. The van der Waals surface area contributed by atoms with Crippen LogP contribution in [0.15, 0.2) is 83.9 Å². The number of ether oxygens (including phenoxy) is 2. The number of imidazole rings is 1. The van der Waals surface area contributed by atoms with Crippen molar-refractivity contribution in [3.05, 3.63) is 89.8 Å². The third kappa shape index (κ3) is 6.76. The van der Waals surface area contributed by atoms with Gasteiger partial charge in [-0.1, -0.05) is 11.6 Å². The summed E-state index contributed by atoms with van der Waals surface area (Å²) >= 11 is 5.96. The minimum Gasteiger partial charge on any atom is -0.497 e. The van der Waals surface area contributed by atoms with Crippen LogP contribution in [0.2, 0.25) is 5.02 Å². The minimum atomic E-state index is -4.05. The molecule has 0 spiro atoms. The summed E-state index contributed by atoms with van der Waals surface area (Å²) in [6.07, 6.45) is 2.88. The smallest absolute Gasteiger partial charge is 0.243 e. The predicted molar refractivity (Wildman–Crippen MR) is 153 cm³/mol. The number of rotatable bonds is 10. The Bertz CT molecular complexity index is 1600. The van der Waals surface area contributed by atoms with Gasteiger partial charge in [0.05, 0.1) is 30.3 Å². The zero-order chi connectivity index (χ0) is 29.0. The van der Waals surface area contributed by atoms with E-state index in [0.717, 1.165) is 16.3 Å². The van der Waals surface area contributed by atoms with Gasteiger partial charge in [0.15, 0.2) is 0 Å². The largest absolute Gasteiger partial charge is 0.497 e. The maximum atomic E-state index is 13.7. The summed E-state index contributed by atoms with van der Waals surface area (Å²) in [6.45, 7) is 0.0792. The summed E-state index contributed by atoms with van der Waals surface area (Å²) in [4.78, 5) is 18.0. The molecule has 9 nitrogen and oxygen atoms in total. The molecule has 214 valence electrons. The second-order valence-electron chi connectivity index (χ2n) is 9.46. The monoisotopic (exact) mass is 598 g/mol. The number of nitrogens with one attached hydrogen (secondary N) is 1. The minimum absolute atomic E-state index is 0.0158. The van der Waals surface area contributed by atoms with E-state index in [4.69, 9.17) is 21.1 Å². The van der Waals surface area contributed by atoms with Crippen LogP contribution in [0.4, 0.5) is 10.3 Å². The van der Waals surface area contributed by atoms with Gasteiger partial charge in [0, 0.05) is 35.6 Å². The number of methoxy groups -OCH3 is 1. The normalized spacial score (nSPS) is 15.3. The lowest BCUT2D eigenvalue weighted by molar-refractivity contribution is -0.116. The van der Waals surface area contributed by atoms with Crippen molar-refractivity contribution in [3.8, 4) is 22.7 Å². The maximum Gasteiger partial charge on any atom is 0.243 e. The molecule has 1 atom stereocenters. The van der Waals surface area contributed by atoms with Crippen molar-refractivity contribution in [2.24, 2.45) is 0 Å². The molecule has 1 aromatic heterocycles. The SMILES string of the molecule is COc1ccc(-c2cn(-c3ccc(F)cc3)c(NC(=O)CN(CC3CCCO3)S(=O)(=O)c3ccc(Cl)cc3)n2)cc1. The van der Waals surface area contributed by atoms with Gasteiger partial charge in [-0.3, -0.25) is 14.7 Å². The van der Waals surface area contributed by atoms with Crippen LogP contribution in [0.5, 0.6) is 5.75 Å². The van der Waals surface area contributed by atoms with Crippen LogP contribution < -0.4 is 10.1 Å². The topological polar surface area (TPSA) is 103 Å². The second kappa shape index (κ2) is 12.4. The van der Waals surface area contributed by atoms with Gasteiger partial charge in [-0.15, -0.1) is 0 Å². The first-order valence-corrected chi connectivity index (χ1v) is 14.7. The molecule has 41 heavy (non-hydrogen) atoms. The number of benzene rings is 3. The van der Waals surface area contributed by atoms with Crippen molar-refractivity contribution in [1.29, 1.82) is 0 Å². The van der Waals surface area contributed by atoms with Gasteiger partial charge in [0.1, 0.15) is 11.6 Å². The fourth-order valence-corrected chi connectivity index (χ4v) is 6.06. The number of sulfonamides is 1. The second-order valence-corrected chi connectivity index (χ2v) is 11.8. The maximum absolute atomic E-state index is 13.7. The summed E-state index contributed by atoms with van der Waals surface area (Å²) in [7, 11) is -2.48. The summed E-state index contributed by atoms with van der Waals surface area (Å²) in [5.74, 6) is -0.190. The molecule has 2 heterocycles. The van der Waals surface area contributed by atoms with Crippen molar-refractivity contribution in [2.45, 2.75) is 23.8 Å². The Morgan fingerprint density at radius 2 is 1.83 bits per heavy atom. The Balaban J connectivity index is 1.44. The Hall–Kier alpha value is -3.77. The standard InChI is InChI=1S/C29H28ClFN4O5S/c1-39-24-12-4-20(5-13-24)27-18-35(23-10-8-22(31)9-11-23)29(32-27)33-28(36)19-34(17-25-3-2-16-40-25)41(37,38)26-14-6-21(30)7-15-26/h4-15,18,25H,2-3,16-17,19H2,1H3,(H,32,33,36). The summed E-state index contributed by atoms with van der Waals surface area (Å²) in [6, 6.07) is 18.7. The van der Waals surface area contributed by atoms with E-state index in [9.17, 15) is 17.6 Å². The van der Waals surface area contributed by atoms with Gasteiger partial charge in [0.2, 0.25) is 21.9 Å². The van der Waals surface area contributed by atoms with Crippen molar-refractivity contribution in [3.63, 3.8) is 0 Å². The Kier molecular flexibility index (Phi) is 8.69. The number of aromatic nitrogens is 2. The molecule has 0 aliphatic carbocycles. The number of amides is 1. The molecule has 3 aromatic carbocycles. The molecular formula is C29H28ClFN4O5S. The van der Waals surface area contributed by atoms with E-state index in [2.05, 4.69) is 10.3 Å². The molecule has 1 saturated heterocycles. The van der Waals surface area contributed by atoms with Crippen LogP contribution in [0.1, 0.15) is 12.8 Å². The van der Waals surface area contributed by atoms with Crippen molar-refractivity contribution in [2.75, 3.05) is 32.1 Å². The average Bonchev–Trinajstić information content (AvgIpc) is 3.64. The Labute approximate surface area is 242 Å². The number of anilines is 1. The number of hydrogen-bond donors (Lipinski definition) is 1. The number of hydrogen-bond acceptors (Lipinski definition) is 6. The fraction of sp³-hybridized carbons (Fsp3) is 0.241. The molecule has 1 fully saturated rings. The van der Waals surface area contributed by atoms with Crippen LogP contribution in [-0.2, 0) is 19.6 Å². The van der Waals surface area contributed by atoms with E-state index in [1.54, 1.807) is 42.1 Å². The zero-order valence-corrected chi connectivity index (χ0v) is 23.7. The lowest BCUT2D eigenvalue weighted by Gasteiger charge is -2.24. The Morgan fingerprint density at radius 3 is 2.46 bits per heavy atom. The van der Waals surface area contributed by atoms with Gasteiger partial charge in [-0.2, -0.15) is 4.31 Å². The molecule has 1 aliphatic rings. The number of carbonyl (C=O) groups excluding carboxylic acids is 1. The highest BCUT2D eigenvalue weighted by Gasteiger charge is 2.31. The molecule has 5 rings (SSSR count). The van der Waals surface area contributed by atoms with E-state index < -0.39 is 28.3 Å². The van der Waals surface area contributed by atoms with Crippen molar-refractivity contribution in [1.82, 2.24) is 13.9 Å². The molecular weight excluding hydrogens is 571 g/mol. The lowest BCUT2D eigenvalue weighted by atomic mass is 10.1. The van der Waals surface area contributed by atoms with Crippen molar-refractivity contribution < 1.29 is 27.1 Å². The lowest BCUT2D eigenvalue weighted by Crippen LogP contribution is -2.42. The zero-order valence-electron chi connectivity index (χ0n) is 22.2. The van der Waals surface area contributed by atoms with Gasteiger partial charge in [-0.25, -0.2) is 17.8 Å². The highest BCUT2D eigenvalue weighted by molar-refractivity contribution is 7.89. The van der Waals surface area contributed by atoms with E-state index >= 15 is 0 Å². The first-order valence-electron chi connectivity index (χ1n) is 12.9. The third-order valence-electron chi connectivity index (χ3n) is 6.65. The molecule has 0 radical (unpaired) electrons. The first kappa shape index (κ1) is 28.7. The molecule has 1 unspecified atom stereocenters. The van der Waals surface area contributed by atoms with Crippen LogP contribution in [0.25, 0.3) is 16.9 Å². The molecule has 4 aromatic rings. The van der Waals surface area contributed by atoms with E-state index in [-0.39, 0.29) is 23.5 Å². The van der Waals surface area contributed by atoms with Gasteiger partial charge in [0.25, 0.3) is 0 Å². The molecule has 1 aliphatic heterocycles. The molecule has 1 N–H and O–H groups in total. The van der Waals surface area contributed by atoms with Crippen LogP contribution in [0, 0.1) is 5.82 Å². The van der Waals surface area contributed by atoms with Gasteiger partial charge in [-0.05, 0) is 85.6 Å². The molecule has 1 amide bonds. The fourth-order valence-electron chi connectivity index (χ4n) is 4.51. The van der Waals surface area contributed by atoms with Gasteiger partial charge < -0.3 is 9.47 Å². The van der Waals surface area contributed by atoms with E-state index in [0.29, 0.717) is 35.2 Å². The number of carbonyl (C=O) groups is 1. The number of halogens is 2. The van der Waals surface area contributed by atoms with Crippen molar-refractivity contribution >= 4 is 33.5 Å². The summed E-state index contributed by atoms with van der Waals surface area (Å²) in [5.41, 5.74) is 1.85. The molecule has 12 heteroatoms. The molecule has 0 saturated carbocycles.